The lowest BCUT2D eigenvalue weighted by Gasteiger charge is -2.19. The van der Waals surface area contributed by atoms with Crippen LogP contribution in [0.4, 0.5) is 19.2 Å². The van der Waals surface area contributed by atoms with Crippen LogP contribution < -0.4 is 9.44 Å². The number of urea groups is 2. The van der Waals surface area contributed by atoms with Crippen molar-refractivity contribution in [3.8, 4) is 0 Å². The van der Waals surface area contributed by atoms with Crippen molar-refractivity contribution in [2.45, 2.75) is 40.7 Å². The van der Waals surface area contributed by atoms with Crippen molar-refractivity contribution in [3.05, 3.63) is 0 Å². The van der Waals surface area contributed by atoms with E-state index < -0.39 is 16.7 Å². The van der Waals surface area contributed by atoms with Crippen LogP contribution in [0.5, 0.6) is 0 Å². The molecule has 12 heteroatoms. The lowest BCUT2D eigenvalue weighted by Crippen LogP contribution is -2.37. The summed E-state index contributed by atoms with van der Waals surface area (Å²) in [6.45, 7) is 10.7. The Bertz CT molecular complexity index is 501. The number of carbonyl (C=O) groups excluding carboxylic acids is 4. The lowest BCUT2D eigenvalue weighted by molar-refractivity contribution is 0.0763. The van der Waals surface area contributed by atoms with E-state index in [-0.39, 0.29) is 18.7 Å². The molecule has 0 aromatic carbocycles. The Labute approximate surface area is 168 Å². The van der Waals surface area contributed by atoms with Gasteiger partial charge in [-0.15, -0.1) is 0 Å². The van der Waals surface area contributed by atoms with Gasteiger partial charge in [0.2, 0.25) is 0 Å². The SMILES string of the molecule is CCN(CC)C(=O)NSC(=O)OCC(C)OC(=O)SNC(=O)N(CC)CC. The number of rotatable bonds is 7. The van der Waals surface area contributed by atoms with Gasteiger partial charge in [-0.3, -0.25) is 9.44 Å². The third kappa shape index (κ3) is 10.8. The van der Waals surface area contributed by atoms with E-state index >= 15 is 0 Å². The zero-order chi connectivity index (χ0) is 20.8. The van der Waals surface area contributed by atoms with Crippen LogP contribution in [0.15, 0.2) is 0 Å². The summed E-state index contributed by atoms with van der Waals surface area (Å²) in [5.74, 6) is 0. The van der Waals surface area contributed by atoms with Gasteiger partial charge in [-0.2, -0.15) is 0 Å². The first-order chi connectivity index (χ1) is 12.8. The summed E-state index contributed by atoms with van der Waals surface area (Å²) in [5.41, 5.74) is 0. The van der Waals surface area contributed by atoms with Crippen molar-refractivity contribution < 1.29 is 28.7 Å². The molecule has 0 rings (SSSR count). The fourth-order valence-corrected chi connectivity index (χ4v) is 2.70. The van der Waals surface area contributed by atoms with E-state index in [1.807, 2.05) is 27.7 Å². The molecule has 0 aromatic heterocycles. The first kappa shape index (κ1) is 25.2. The van der Waals surface area contributed by atoms with Crippen LogP contribution in [-0.2, 0) is 9.47 Å². The van der Waals surface area contributed by atoms with E-state index in [1.54, 1.807) is 0 Å². The van der Waals surface area contributed by atoms with Crippen LogP contribution >= 0.6 is 23.9 Å². The van der Waals surface area contributed by atoms with E-state index in [9.17, 15) is 19.2 Å². The maximum absolute atomic E-state index is 11.7. The average molecular weight is 425 g/mol. The van der Waals surface area contributed by atoms with Crippen LogP contribution in [0, 0.1) is 0 Å². The molecule has 1 unspecified atom stereocenters. The summed E-state index contributed by atoms with van der Waals surface area (Å²) in [4.78, 5) is 49.7. The van der Waals surface area contributed by atoms with Gasteiger partial charge in [-0.25, -0.2) is 19.2 Å². The minimum atomic E-state index is -0.721. The molecule has 0 spiro atoms. The summed E-state index contributed by atoms with van der Waals surface area (Å²) in [7, 11) is 0. The number of hydrogen-bond acceptors (Lipinski definition) is 8. The molecule has 4 amide bonds. The van der Waals surface area contributed by atoms with Crippen molar-refractivity contribution in [2.75, 3.05) is 32.8 Å². The van der Waals surface area contributed by atoms with Crippen molar-refractivity contribution >= 4 is 46.6 Å². The summed E-state index contributed by atoms with van der Waals surface area (Å²) in [5, 5.41) is -1.44. The van der Waals surface area contributed by atoms with Crippen molar-refractivity contribution in [1.29, 1.82) is 0 Å². The standard InChI is InChI=1S/C15H28N4O6S2/c1-6-18(7-2)12(20)16-26-14(22)24-10-11(5)25-15(23)27-17-13(21)19(8-3)9-4/h11H,6-10H2,1-5H3,(H,16,20)(H,17,21). The molecule has 0 aromatic rings. The zero-order valence-corrected chi connectivity index (χ0v) is 17.9. The fourth-order valence-electron chi connectivity index (χ4n) is 1.76. The maximum atomic E-state index is 11.7. The second kappa shape index (κ2) is 14.3. The van der Waals surface area contributed by atoms with Gasteiger partial charge >= 0.3 is 22.7 Å². The Balaban J connectivity index is 4.05. The molecule has 2 N–H and O–H groups in total. The van der Waals surface area contributed by atoms with E-state index in [2.05, 4.69) is 9.44 Å². The van der Waals surface area contributed by atoms with Crippen molar-refractivity contribution in [1.82, 2.24) is 19.2 Å². The van der Waals surface area contributed by atoms with Gasteiger partial charge < -0.3 is 19.3 Å². The molecule has 0 fully saturated rings. The van der Waals surface area contributed by atoms with Gasteiger partial charge in [0.05, 0.1) is 23.9 Å². The smallest absolute Gasteiger partial charge is 0.388 e. The van der Waals surface area contributed by atoms with Crippen LogP contribution in [0.1, 0.15) is 34.6 Å². The lowest BCUT2D eigenvalue weighted by atomic mass is 10.4. The van der Waals surface area contributed by atoms with E-state index in [0.29, 0.717) is 50.1 Å². The molecule has 1 atom stereocenters. The van der Waals surface area contributed by atoms with E-state index in [0.717, 1.165) is 0 Å². The molecule has 0 saturated heterocycles. The van der Waals surface area contributed by atoms with E-state index in [4.69, 9.17) is 9.47 Å². The molecule has 156 valence electrons. The molecule has 0 saturated carbocycles. The quantitative estimate of drug-likeness (QED) is 0.473. The molecule has 0 aliphatic heterocycles. The molecule has 0 radical (unpaired) electrons. The van der Waals surface area contributed by atoms with Crippen LogP contribution in [0.3, 0.4) is 0 Å². The predicted octanol–water partition coefficient (Wildman–Crippen LogP) is 3.05. The Morgan fingerprint density at radius 3 is 1.63 bits per heavy atom. The normalized spacial score (nSPS) is 11.1. The monoisotopic (exact) mass is 424 g/mol. The second-order valence-electron chi connectivity index (χ2n) is 5.10. The fraction of sp³-hybridized carbons (Fsp3) is 0.733. The highest BCUT2D eigenvalue weighted by atomic mass is 32.2. The molecular weight excluding hydrogens is 396 g/mol. The number of amides is 4. The van der Waals surface area contributed by atoms with Gasteiger partial charge in [0.15, 0.2) is 0 Å². The predicted molar refractivity (Wildman–Crippen MR) is 105 cm³/mol. The van der Waals surface area contributed by atoms with Gasteiger partial charge in [-0.05, 0) is 34.6 Å². The molecule has 0 aliphatic rings. The highest BCUT2D eigenvalue weighted by molar-refractivity contribution is 8.12. The Kier molecular flexibility index (Phi) is 13.3. The topological polar surface area (TPSA) is 117 Å². The summed E-state index contributed by atoms with van der Waals surface area (Å²) in [6, 6.07) is -0.775. The molecule has 0 heterocycles. The first-order valence-electron chi connectivity index (χ1n) is 8.59. The largest absolute Gasteiger partial charge is 0.452 e. The maximum Gasteiger partial charge on any atom is 0.388 e. The third-order valence-electron chi connectivity index (χ3n) is 3.28. The summed E-state index contributed by atoms with van der Waals surface area (Å²) in [6.07, 6.45) is -0.710. The van der Waals surface area contributed by atoms with Crippen molar-refractivity contribution in [2.24, 2.45) is 0 Å². The van der Waals surface area contributed by atoms with Gasteiger partial charge in [0.1, 0.15) is 12.7 Å². The van der Waals surface area contributed by atoms with Crippen LogP contribution in [0.2, 0.25) is 0 Å². The number of hydrogen-bond donors (Lipinski definition) is 2. The average Bonchev–Trinajstić information content (AvgIpc) is 2.65. The minimum absolute atomic E-state index is 0.177. The van der Waals surface area contributed by atoms with E-state index in [1.165, 1.54) is 16.7 Å². The van der Waals surface area contributed by atoms with Crippen LogP contribution in [-0.4, -0.2) is 71.4 Å². The number of nitrogens with one attached hydrogen (secondary N) is 2. The minimum Gasteiger partial charge on any atom is -0.452 e. The zero-order valence-electron chi connectivity index (χ0n) is 16.3. The van der Waals surface area contributed by atoms with Gasteiger partial charge in [0, 0.05) is 26.2 Å². The highest BCUT2D eigenvalue weighted by Gasteiger charge is 2.17. The summed E-state index contributed by atoms with van der Waals surface area (Å²) < 4.78 is 14.7. The Hall–Kier alpha value is -1.82. The number of nitrogens with zero attached hydrogens (tertiary/aromatic N) is 2. The second-order valence-corrected chi connectivity index (χ2v) is 6.59. The molecule has 0 bridgehead atoms. The van der Waals surface area contributed by atoms with Crippen LogP contribution in [0.25, 0.3) is 0 Å². The molecule has 0 aliphatic carbocycles. The first-order valence-corrected chi connectivity index (χ1v) is 10.2. The highest BCUT2D eigenvalue weighted by Crippen LogP contribution is 2.08. The Morgan fingerprint density at radius 1 is 0.815 bits per heavy atom. The third-order valence-corrected chi connectivity index (χ3v) is 4.38. The number of ether oxygens (including phenoxy) is 2. The van der Waals surface area contributed by atoms with Gasteiger partial charge in [-0.1, -0.05) is 0 Å². The molecular formula is C15H28N4O6S2. The summed E-state index contributed by atoms with van der Waals surface area (Å²) >= 11 is 1.03. The van der Waals surface area contributed by atoms with Gasteiger partial charge in [0.25, 0.3) is 0 Å². The van der Waals surface area contributed by atoms with Crippen molar-refractivity contribution in [3.63, 3.8) is 0 Å². The molecule has 10 nitrogen and oxygen atoms in total. The Morgan fingerprint density at radius 2 is 1.22 bits per heavy atom. The number of carbonyl (C=O) groups is 4. The molecule has 27 heavy (non-hydrogen) atoms.